The number of halogens is 1. The molecule has 0 atom stereocenters. The number of aromatic nitrogens is 2. The number of rotatable bonds is 1. The Kier molecular flexibility index (Phi) is 3.46. The number of aromatic hydroxyl groups is 1. The van der Waals surface area contributed by atoms with Crippen LogP contribution in [0.1, 0.15) is 0 Å². The van der Waals surface area contributed by atoms with E-state index in [1.165, 1.54) is 12.4 Å². The minimum absolute atomic E-state index is 0. The van der Waals surface area contributed by atoms with E-state index < -0.39 is 0 Å². The van der Waals surface area contributed by atoms with Crippen LogP contribution in [0.5, 0.6) is 5.75 Å². The molecule has 78 valence electrons. The molecule has 0 aliphatic carbocycles. The van der Waals surface area contributed by atoms with E-state index in [4.69, 9.17) is 0 Å². The lowest BCUT2D eigenvalue weighted by Crippen LogP contribution is -3.00. The summed E-state index contributed by atoms with van der Waals surface area (Å²) in [6, 6.07) is 6.67. The molecule has 2 aromatic heterocycles. The Balaban J connectivity index is 0.00000112. The van der Waals surface area contributed by atoms with E-state index in [1.807, 2.05) is 0 Å². The lowest BCUT2D eigenvalue weighted by atomic mass is 10.3. The smallest absolute Gasteiger partial charge is 0.222 e. The van der Waals surface area contributed by atoms with Gasteiger partial charge in [-0.2, -0.15) is 9.30 Å². The Morgan fingerprint density at radius 1 is 1.07 bits per heavy atom. The first-order chi connectivity index (χ1) is 6.75. The van der Waals surface area contributed by atoms with Crippen molar-refractivity contribution in [1.29, 1.82) is 0 Å². The van der Waals surface area contributed by atoms with Crippen LogP contribution in [0.2, 0.25) is 0 Å². The van der Waals surface area contributed by atoms with E-state index in [0.717, 1.165) is 5.69 Å². The standard InChI is InChI=1S/C10H8N2O2.ClH/c13-10-2-1-5-11(8-10)9-3-6-12(14)7-4-9;/h1-8H;1H. The van der Waals surface area contributed by atoms with Gasteiger partial charge in [-0.15, -0.1) is 0 Å². The second-order valence-corrected chi connectivity index (χ2v) is 2.89. The monoisotopic (exact) mass is 224 g/mol. The van der Waals surface area contributed by atoms with Crippen LogP contribution < -0.4 is 21.7 Å². The van der Waals surface area contributed by atoms with Gasteiger partial charge >= 0.3 is 0 Å². The molecule has 0 saturated carbocycles. The topological polar surface area (TPSA) is 51.0 Å². The summed E-state index contributed by atoms with van der Waals surface area (Å²) in [6.07, 6.45) is 6.19. The first kappa shape index (κ1) is 11.3. The first-order valence-electron chi connectivity index (χ1n) is 4.15. The fourth-order valence-electron chi connectivity index (χ4n) is 1.20. The van der Waals surface area contributed by atoms with Crippen LogP contribution in [0.25, 0.3) is 5.69 Å². The predicted molar refractivity (Wildman–Crippen MR) is 48.6 cm³/mol. The molecule has 0 unspecified atom stereocenters. The molecule has 5 heteroatoms. The van der Waals surface area contributed by atoms with Gasteiger partial charge < -0.3 is 22.7 Å². The lowest BCUT2D eigenvalue weighted by molar-refractivity contribution is -0.616. The molecule has 0 spiro atoms. The fourth-order valence-corrected chi connectivity index (χ4v) is 1.20. The van der Waals surface area contributed by atoms with Crippen LogP contribution in [0.3, 0.4) is 0 Å². The molecule has 2 rings (SSSR count). The van der Waals surface area contributed by atoms with Crippen molar-refractivity contribution >= 4 is 0 Å². The van der Waals surface area contributed by atoms with Crippen molar-refractivity contribution in [2.75, 3.05) is 0 Å². The molecule has 0 aliphatic rings. The van der Waals surface area contributed by atoms with E-state index in [2.05, 4.69) is 0 Å². The highest BCUT2D eigenvalue weighted by Crippen LogP contribution is 2.03. The second-order valence-electron chi connectivity index (χ2n) is 2.89. The van der Waals surface area contributed by atoms with Gasteiger partial charge in [0, 0.05) is 6.07 Å². The van der Waals surface area contributed by atoms with Gasteiger partial charge in [0.15, 0.2) is 24.3 Å². The number of hydrogen-bond donors (Lipinski definition) is 1. The molecular weight excluding hydrogens is 216 g/mol. The molecular formula is C10H9ClN2O2. The highest BCUT2D eigenvalue weighted by Gasteiger charge is 2.06. The molecule has 4 nitrogen and oxygen atoms in total. The molecule has 2 aromatic rings. The Morgan fingerprint density at radius 2 is 1.73 bits per heavy atom. The zero-order valence-corrected chi connectivity index (χ0v) is 8.50. The Hall–Kier alpha value is -1.81. The van der Waals surface area contributed by atoms with Crippen LogP contribution in [0, 0.1) is 5.21 Å². The van der Waals surface area contributed by atoms with Crippen molar-refractivity contribution < 1.29 is 26.8 Å². The maximum absolute atomic E-state index is 10.8. The fraction of sp³-hybridized carbons (Fsp3) is 0. The van der Waals surface area contributed by atoms with Gasteiger partial charge in [0.1, 0.15) is 0 Å². The van der Waals surface area contributed by atoms with Gasteiger partial charge in [0.2, 0.25) is 11.9 Å². The largest absolute Gasteiger partial charge is 1.00 e. The van der Waals surface area contributed by atoms with Crippen LogP contribution in [0.15, 0.2) is 49.1 Å². The van der Waals surface area contributed by atoms with Crippen LogP contribution in [-0.4, -0.2) is 5.11 Å². The zero-order valence-electron chi connectivity index (χ0n) is 7.75. The Morgan fingerprint density at radius 3 is 2.33 bits per heavy atom. The second kappa shape index (κ2) is 4.61. The SMILES string of the molecule is [Cl-].[O-][n+]1ccc(-[n+]2cccc(O)c2)cc1. The summed E-state index contributed by atoms with van der Waals surface area (Å²) in [5.41, 5.74) is 0.827. The molecule has 0 fully saturated rings. The third kappa shape index (κ3) is 2.57. The molecule has 0 saturated heterocycles. The van der Waals surface area contributed by atoms with Gasteiger partial charge in [-0.3, -0.25) is 0 Å². The summed E-state index contributed by atoms with van der Waals surface area (Å²) in [6.45, 7) is 0. The first-order valence-corrected chi connectivity index (χ1v) is 4.15. The Bertz CT molecular complexity index is 445. The summed E-state index contributed by atoms with van der Waals surface area (Å²) >= 11 is 0. The molecule has 0 radical (unpaired) electrons. The highest BCUT2D eigenvalue weighted by molar-refractivity contribution is 5.18. The van der Waals surface area contributed by atoms with Crippen molar-refractivity contribution in [2.24, 2.45) is 0 Å². The minimum Gasteiger partial charge on any atom is -1.00 e. The maximum Gasteiger partial charge on any atom is 0.222 e. The van der Waals surface area contributed by atoms with E-state index in [9.17, 15) is 10.3 Å². The molecule has 0 aliphatic heterocycles. The number of pyridine rings is 2. The van der Waals surface area contributed by atoms with Crippen LogP contribution in [-0.2, 0) is 0 Å². The van der Waals surface area contributed by atoms with Gasteiger partial charge in [-0.1, -0.05) is 0 Å². The van der Waals surface area contributed by atoms with Crippen molar-refractivity contribution in [1.82, 2.24) is 0 Å². The molecule has 0 bridgehead atoms. The van der Waals surface area contributed by atoms with Crippen molar-refractivity contribution in [3.8, 4) is 11.4 Å². The van der Waals surface area contributed by atoms with E-state index in [1.54, 1.807) is 41.2 Å². The van der Waals surface area contributed by atoms with Gasteiger partial charge in [-0.25, -0.2) is 0 Å². The summed E-state index contributed by atoms with van der Waals surface area (Å²) < 4.78 is 2.45. The predicted octanol–water partition coefficient (Wildman–Crippen LogP) is -2.69. The summed E-state index contributed by atoms with van der Waals surface area (Å²) in [5.74, 6) is 0.186. The van der Waals surface area contributed by atoms with Gasteiger partial charge in [0.05, 0.1) is 12.1 Å². The van der Waals surface area contributed by atoms with Crippen molar-refractivity contribution in [3.05, 3.63) is 54.3 Å². The third-order valence-electron chi connectivity index (χ3n) is 1.87. The minimum atomic E-state index is 0. The van der Waals surface area contributed by atoms with Crippen LogP contribution in [0.4, 0.5) is 0 Å². The van der Waals surface area contributed by atoms with Crippen molar-refractivity contribution in [3.63, 3.8) is 0 Å². The average molecular weight is 225 g/mol. The van der Waals surface area contributed by atoms with E-state index in [-0.39, 0.29) is 18.2 Å². The van der Waals surface area contributed by atoms with E-state index in [0.29, 0.717) is 4.73 Å². The normalized spacial score (nSPS) is 9.33. The molecule has 0 amide bonds. The van der Waals surface area contributed by atoms with Crippen LogP contribution >= 0.6 is 0 Å². The zero-order chi connectivity index (χ0) is 9.97. The third-order valence-corrected chi connectivity index (χ3v) is 1.87. The van der Waals surface area contributed by atoms with Crippen molar-refractivity contribution in [2.45, 2.75) is 0 Å². The number of nitrogens with zero attached hydrogens (tertiary/aromatic N) is 2. The summed E-state index contributed by atoms with van der Waals surface area (Å²) in [5, 5.41) is 20.0. The quantitative estimate of drug-likeness (QED) is 0.424. The lowest BCUT2D eigenvalue weighted by Gasteiger charge is -1.96. The molecule has 15 heavy (non-hydrogen) atoms. The van der Waals surface area contributed by atoms with E-state index >= 15 is 0 Å². The Labute approximate surface area is 93.0 Å². The molecule has 0 aromatic carbocycles. The molecule has 1 N–H and O–H groups in total. The summed E-state index contributed by atoms with van der Waals surface area (Å²) in [4.78, 5) is 0. The summed E-state index contributed by atoms with van der Waals surface area (Å²) in [7, 11) is 0. The average Bonchev–Trinajstić information content (AvgIpc) is 2.19. The highest BCUT2D eigenvalue weighted by atomic mass is 35.5. The molecule has 2 heterocycles. The maximum atomic E-state index is 10.8. The van der Waals surface area contributed by atoms with Gasteiger partial charge in [0.25, 0.3) is 0 Å². The van der Waals surface area contributed by atoms with Gasteiger partial charge in [-0.05, 0) is 6.07 Å². The number of hydrogen-bond acceptors (Lipinski definition) is 2.